The Labute approximate surface area is 126 Å². The van der Waals surface area contributed by atoms with Crippen LogP contribution < -0.4 is 10.1 Å². The van der Waals surface area contributed by atoms with Gasteiger partial charge in [0.1, 0.15) is 11.5 Å². The molecule has 0 aliphatic carbocycles. The zero-order valence-electron chi connectivity index (χ0n) is 11.8. The van der Waals surface area contributed by atoms with E-state index in [0.29, 0.717) is 11.3 Å². The molecule has 22 heavy (non-hydrogen) atoms. The first-order valence-electron chi connectivity index (χ1n) is 6.57. The second-order valence-electron chi connectivity index (χ2n) is 4.77. The number of nitrogens with one attached hydrogen (secondary N) is 1. The van der Waals surface area contributed by atoms with Crippen molar-refractivity contribution >= 4 is 11.6 Å². The van der Waals surface area contributed by atoms with Crippen molar-refractivity contribution < 1.29 is 23.4 Å². The summed E-state index contributed by atoms with van der Waals surface area (Å²) in [6.45, 7) is -1.05. The number of ether oxygens (including phenoxy) is 1. The van der Waals surface area contributed by atoms with Gasteiger partial charge in [0.15, 0.2) is 0 Å². The van der Waals surface area contributed by atoms with Gasteiger partial charge in [-0.2, -0.15) is 8.78 Å². The van der Waals surface area contributed by atoms with Crippen LogP contribution in [0.3, 0.4) is 0 Å². The van der Waals surface area contributed by atoms with Gasteiger partial charge in [-0.25, -0.2) is 0 Å². The van der Waals surface area contributed by atoms with Crippen molar-refractivity contribution in [1.82, 2.24) is 0 Å². The largest absolute Gasteiger partial charge is 0.506 e. The molecule has 0 radical (unpaired) electrons. The van der Waals surface area contributed by atoms with Crippen LogP contribution in [0.15, 0.2) is 42.5 Å². The van der Waals surface area contributed by atoms with Crippen molar-refractivity contribution in [2.45, 2.75) is 20.0 Å². The van der Waals surface area contributed by atoms with E-state index in [-0.39, 0.29) is 23.8 Å². The second-order valence-corrected chi connectivity index (χ2v) is 4.77. The summed E-state index contributed by atoms with van der Waals surface area (Å²) in [5.74, 6) is -0.286. The predicted octanol–water partition coefficient (Wildman–Crippen LogP) is 3.48. The Morgan fingerprint density at radius 2 is 1.91 bits per heavy atom. The highest BCUT2D eigenvalue weighted by molar-refractivity contribution is 5.93. The van der Waals surface area contributed by atoms with Crippen LogP contribution in [-0.2, 0) is 11.2 Å². The van der Waals surface area contributed by atoms with E-state index in [0.717, 1.165) is 5.56 Å². The lowest BCUT2D eigenvalue weighted by Gasteiger charge is -2.09. The summed E-state index contributed by atoms with van der Waals surface area (Å²) in [5.41, 5.74) is 1.85. The molecular formula is C16H15F2NO3. The highest BCUT2D eigenvalue weighted by Crippen LogP contribution is 2.24. The third-order valence-corrected chi connectivity index (χ3v) is 2.94. The minimum Gasteiger partial charge on any atom is -0.506 e. The number of alkyl halides is 2. The molecule has 1 amide bonds. The molecule has 0 fully saturated rings. The van der Waals surface area contributed by atoms with E-state index < -0.39 is 6.61 Å². The fourth-order valence-electron chi connectivity index (χ4n) is 1.92. The number of carbonyl (C=O) groups is 1. The van der Waals surface area contributed by atoms with E-state index in [4.69, 9.17) is 0 Å². The van der Waals surface area contributed by atoms with Crippen molar-refractivity contribution in [3.63, 3.8) is 0 Å². The molecule has 116 valence electrons. The molecule has 4 nitrogen and oxygen atoms in total. The smallest absolute Gasteiger partial charge is 0.387 e. The maximum atomic E-state index is 12.0. The SMILES string of the molecule is Cc1ccc(NC(=O)Cc2ccc(OC(F)F)cc2)c(O)c1. The molecular weight excluding hydrogens is 292 g/mol. The quantitative estimate of drug-likeness (QED) is 0.831. The van der Waals surface area contributed by atoms with Crippen LogP contribution in [0.25, 0.3) is 0 Å². The van der Waals surface area contributed by atoms with Crippen LogP contribution >= 0.6 is 0 Å². The van der Waals surface area contributed by atoms with Gasteiger partial charge in [0, 0.05) is 0 Å². The van der Waals surface area contributed by atoms with E-state index in [1.807, 2.05) is 6.92 Å². The van der Waals surface area contributed by atoms with Gasteiger partial charge in [-0.1, -0.05) is 18.2 Å². The number of aryl methyl sites for hydroxylation is 1. The number of hydrogen-bond donors (Lipinski definition) is 2. The number of aromatic hydroxyl groups is 1. The van der Waals surface area contributed by atoms with Gasteiger partial charge in [0.25, 0.3) is 0 Å². The second kappa shape index (κ2) is 6.89. The van der Waals surface area contributed by atoms with Crippen molar-refractivity contribution in [2.24, 2.45) is 0 Å². The van der Waals surface area contributed by atoms with Crippen LogP contribution in [0.5, 0.6) is 11.5 Å². The van der Waals surface area contributed by atoms with Gasteiger partial charge < -0.3 is 15.2 Å². The van der Waals surface area contributed by atoms with Crippen LogP contribution in [0.1, 0.15) is 11.1 Å². The molecule has 0 heterocycles. The number of benzene rings is 2. The minimum absolute atomic E-state index is 0.00553. The zero-order chi connectivity index (χ0) is 16.1. The van der Waals surface area contributed by atoms with Crippen LogP contribution in [0.4, 0.5) is 14.5 Å². The first-order valence-corrected chi connectivity index (χ1v) is 6.57. The Morgan fingerprint density at radius 3 is 2.50 bits per heavy atom. The molecule has 0 aromatic heterocycles. The van der Waals surface area contributed by atoms with Gasteiger partial charge in [0.05, 0.1) is 12.1 Å². The Balaban J connectivity index is 1.97. The van der Waals surface area contributed by atoms with Crippen LogP contribution in [-0.4, -0.2) is 17.6 Å². The highest BCUT2D eigenvalue weighted by Gasteiger charge is 2.09. The number of phenols is 1. The number of phenolic OH excluding ortho intramolecular Hbond substituents is 1. The number of carbonyl (C=O) groups excluding carboxylic acids is 1. The van der Waals surface area contributed by atoms with Crippen molar-refractivity contribution in [2.75, 3.05) is 5.32 Å². The van der Waals surface area contributed by atoms with Gasteiger partial charge in [-0.15, -0.1) is 0 Å². The van der Waals surface area contributed by atoms with Crippen LogP contribution in [0, 0.1) is 6.92 Å². The van der Waals surface area contributed by atoms with Gasteiger partial charge >= 0.3 is 6.61 Å². The summed E-state index contributed by atoms with van der Waals surface area (Å²) in [5, 5.41) is 12.3. The summed E-state index contributed by atoms with van der Waals surface area (Å²) >= 11 is 0. The topological polar surface area (TPSA) is 58.6 Å². The first-order chi connectivity index (χ1) is 10.4. The molecule has 6 heteroatoms. The van der Waals surface area contributed by atoms with Gasteiger partial charge in [0.2, 0.25) is 5.91 Å². The lowest BCUT2D eigenvalue weighted by molar-refractivity contribution is -0.115. The molecule has 2 aromatic carbocycles. The predicted molar refractivity (Wildman–Crippen MR) is 78.3 cm³/mol. The van der Waals surface area contributed by atoms with E-state index in [2.05, 4.69) is 10.1 Å². The normalized spacial score (nSPS) is 10.5. The number of rotatable bonds is 5. The fourth-order valence-corrected chi connectivity index (χ4v) is 1.92. The summed E-state index contributed by atoms with van der Waals surface area (Å²) in [6, 6.07) is 10.7. The summed E-state index contributed by atoms with van der Waals surface area (Å²) in [4.78, 5) is 11.9. The van der Waals surface area contributed by atoms with Crippen molar-refractivity contribution in [3.8, 4) is 11.5 Å². The standard InChI is InChI=1S/C16H15F2NO3/c1-10-2-7-13(14(20)8-10)19-15(21)9-11-3-5-12(6-4-11)22-16(17)18/h2-8,16,20H,9H2,1H3,(H,19,21). The number of halogens is 2. The molecule has 2 N–H and O–H groups in total. The van der Waals surface area contributed by atoms with Gasteiger partial charge in [-0.3, -0.25) is 4.79 Å². The van der Waals surface area contributed by atoms with E-state index in [1.54, 1.807) is 18.2 Å². The zero-order valence-corrected chi connectivity index (χ0v) is 11.8. The third kappa shape index (κ3) is 4.44. The average Bonchev–Trinajstić information content (AvgIpc) is 2.43. The van der Waals surface area contributed by atoms with Gasteiger partial charge in [-0.05, 0) is 42.3 Å². The van der Waals surface area contributed by atoms with Crippen LogP contribution in [0.2, 0.25) is 0 Å². The lowest BCUT2D eigenvalue weighted by Crippen LogP contribution is -2.14. The number of amides is 1. The maximum absolute atomic E-state index is 12.0. The molecule has 0 aliphatic rings. The number of hydrogen-bond acceptors (Lipinski definition) is 3. The Bertz CT molecular complexity index is 657. The van der Waals surface area contributed by atoms with Crippen molar-refractivity contribution in [3.05, 3.63) is 53.6 Å². The Morgan fingerprint density at radius 1 is 1.23 bits per heavy atom. The van der Waals surface area contributed by atoms with Crippen molar-refractivity contribution in [1.29, 1.82) is 0 Å². The Hall–Kier alpha value is -2.63. The molecule has 2 rings (SSSR count). The summed E-state index contributed by atoms with van der Waals surface area (Å²) in [7, 11) is 0. The molecule has 2 aromatic rings. The summed E-state index contributed by atoms with van der Waals surface area (Å²) in [6.07, 6.45) is 0.0578. The first kappa shape index (κ1) is 15.8. The Kier molecular flexibility index (Phi) is 4.93. The molecule has 0 bridgehead atoms. The van der Waals surface area contributed by atoms with E-state index >= 15 is 0 Å². The molecule has 0 aliphatic heterocycles. The third-order valence-electron chi connectivity index (χ3n) is 2.94. The monoisotopic (exact) mass is 307 g/mol. The minimum atomic E-state index is -2.88. The number of anilines is 1. The lowest BCUT2D eigenvalue weighted by atomic mass is 10.1. The fraction of sp³-hybridized carbons (Fsp3) is 0.188. The van der Waals surface area contributed by atoms with E-state index in [9.17, 15) is 18.7 Å². The molecule has 0 unspecified atom stereocenters. The molecule has 0 saturated heterocycles. The average molecular weight is 307 g/mol. The van der Waals surface area contributed by atoms with E-state index in [1.165, 1.54) is 24.3 Å². The molecule has 0 saturated carbocycles. The molecule has 0 atom stereocenters. The molecule has 0 spiro atoms. The highest BCUT2D eigenvalue weighted by atomic mass is 19.3. The summed E-state index contributed by atoms with van der Waals surface area (Å²) < 4.78 is 28.3. The maximum Gasteiger partial charge on any atom is 0.387 e.